The van der Waals surface area contributed by atoms with E-state index in [-0.39, 0.29) is 5.92 Å². The summed E-state index contributed by atoms with van der Waals surface area (Å²) in [6, 6.07) is 6.41. The summed E-state index contributed by atoms with van der Waals surface area (Å²) in [5.74, 6) is -1.03. The lowest BCUT2D eigenvalue weighted by atomic mass is 9.93. The van der Waals surface area contributed by atoms with Crippen LogP contribution in [-0.2, 0) is 24.1 Å². The average molecular weight is 220 g/mol. The Labute approximate surface area is 97.3 Å². The molecule has 0 aliphatic rings. The summed E-state index contributed by atoms with van der Waals surface area (Å²) >= 11 is 0. The van der Waals surface area contributed by atoms with Gasteiger partial charge in [0, 0.05) is 0 Å². The third kappa shape index (κ3) is 3.09. The lowest BCUT2D eigenvalue weighted by Gasteiger charge is -2.12. The summed E-state index contributed by atoms with van der Waals surface area (Å²) in [7, 11) is 0. The van der Waals surface area contributed by atoms with E-state index in [1.165, 1.54) is 16.7 Å². The highest BCUT2D eigenvalue weighted by atomic mass is 16.4. The molecule has 1 atom stereocenters. The monoisotopic (exact) mass is 220 g/mol. The molecule has 88 valence electrons. The molecule has 0 bridgehead atoms. The maximum absolute atomic E-state index is 10.9. The van der Waals surface area contributed by atoms with E-state index in [1.54, 1.807) is 6.92 Å². The summed E-state index contributed by atoms with van der Waals surface area (Å²) in [5.41, 5.74) is 3.74. The normalized spacial score (nSPS) is 12.4. The maximum atomic E-state index is 10.9. The summed E-state index contributed by atoms with van der Waals surface area (Å²) < 4.78 is 0. The topological polar surface area (TPSA) is 37.3 Å². The van der Waals surface area contributed by atoms with Crippen LogP contribution in [0.2, 0.25) is 0 Å². The second kappa shape index (κ2) is 5.69. The number of aliphatic carboxylic acids is 1. The SMILES string of the molecule is CCc1ccc(CC)c(CC(C)C(=O)O)c1. The fourth-order valence-electron chi connectivity index (χ4n) is 1.85. The molecule has 1 rings (SSSR count). The van der Waals surface area contributed by atoms with E-state index in [1.807, 2.05) is 0 Å². The van der Waals surface area contributed by atoms with Gasteiger partial charge >= 0.3 is 5.97 Å². The Morgan fingerprint density at radius 1 is 1.25 bits per heavy atom. The molecule has 16 heavy (non-hydrogen) atoms. The van der Waals surface area contributed by atoms with Crippen molar-refractivity contribution in [3.63, 3.8) is 0 Å². The summed E-state index contributed by atoms with van der Waals surface area (Å²) in [5, 5.41) is 8.93. The molecule has 1 unspecified atom stereocenters. The van der Waals surface area contributed by atoms with E-state index < -0.39 is 5.97 Å². The zero-order chi connectivity index (χ0) is 12.1. The number of hydrogen-bond acceptors (Lipinski definition) is 1. The van der Waals surface area contributed by atoms with Gasteiger partial charge in [-0.05, 0) is 36.0 Å². The van der Waals surface area contributed by atoms with Crippen LogP contribution in [0.15, 0.2) is 18.2 Å². The minimum atomic E-state index is -0.719. The number of hydrogen-bond donors (Lipinski definition) is 1. The van der Waals surface area contributed by atoms with Gasteiger partial charge in [0.15, 0.2) is 0 Å². The fourth-order valence-corrected chi connectivity index (χ4v) is 1.85. The van der Waals surface area contributed by atoms with Gasteiger partial charge < -0.3 is 5.11 Å². The molecule has 0 saturated heterocycles. The van der Waals surface area contributed by atoms with Crippen molar-refractivity contribution in [3.8, 4) is 0 Å². The molecule has 0 aromatic heterocycles. The maximum Gasteiger partial charge on any atom is 0.306 e. The Morgan fingerprint density at radius 3 is 2.44 bits per heavy atom. The van der Waals surface area contributed by atoms with E-state index in [0.717, 1.165) is 12.8 Å². The van der Waals surface area contributed by atoms with Crippen molar-refractivity contribution in [2.45, 2.75) is 40.0 Å². The van der Waals surface area contributed by atoms with Gasteiger partial charge in [-0.25, -0.2) is 0 Å². The third-order valence-corrected chi connectivity index (χ3v) is 3.01. The number of carboxylic acid groups (broad SMARTS) is 1. The summed E-state index contributed by atoms with van der Waals surface area (Å²) in [4.78, 5) is 10.9. The first kappa shape index (κ1) is 12.8. The molecule has 2 heteroatoms. The van der Waals surface area contributed by atoms with Crippen LogP contribution in [0.4, 0.5) is 0 Å². The van der Waals surface area contributed by atoms with Crippen molar-refractivity contribution in [1.29, 1.82) is 0 Å². The van der Waals surface area contributed by atoms with Crippen molar-refractivity contribution in [2.24, 2.45) is 5.92 Å². The van der Waals surface area contributed by atoms with Gasteiger partial charge in [0.05, 0.1) is 5.92 Å². The molecule has 0 aliphatic heterocycles. The van der Waals surface area contributed by atoms with Gasteiger partial charge in [-0.15, -0.1) is 0 Å². The lowest BCUT2D eigenvalue weighted by Crippen LogP contribution is -2.13. The average Bonchev–Trinajstić information content (AvgIpc) is 2.28. The number of carboxylic acids is 1. The predicted molar refractivity (Wildman–Crippen MR) is 65.7 cm³/mol. The molecule has 0 heterocycles. The lowest BCUT2D eigenvalue weighted by molar-refractivity contribution is -0.141. The molecule has 0 amide bonds. The number of benzene rings is 1. The van der Waals surface area contributed by atoms with Crippen LogP contribution in [0.5, 0.6) is 0 Å². The molecule has 1 aromatic carbocycles. The van der Waals surface area contributed by atoms with Crippen molar-refractivity contribution in [3.05, 3.63) is 34.9 Å². The third-order valence-electron chi connectivity index (χ3n) is 3.01. The highest BCUT2D eigenvalue weighted by molar-refractivity contribution is 5.70. The van der Waals surface area contributed by atoms with Crippen LogP contribution < -0.4 is 0 Å². The van der Waals surface area contributed by atoms with E-state index in [0.29, 0.717) is 6.42 Å². The van der Waals surface area contributed by atoms with E-state index in [9.17, 15) is 4.79 Å². The Kier molecular flexibility index (Phi) is 4.53. The first-order valence-corrected chi connectivity index (χ1v) is 5.91. The molecule has 1 N–H and O–H groups in total. The van der Waals surface area contributed by atoms with Gasteiger partial charge in [-0.3, -0.25) is 4.79 Å². The molecular formula is C14H20O2. The minimum Gasteiger partial charge on any atom is -0.481 e. The first-order valence-electron chi connectivity index (χ1n) is 5.91. The van der Waals surface area contributed by atoms with Crippen molar-refractivity contribution in [2.75, 3.05) is 0 Å². The van der Waals surface area contributed by atoms with Gasteiger partial charge in [0.25, 0.3) is 0 Å². The number of aryl methyl sites for hydroxylation is 2. The first-order chi connectivity index (χ1) is 7.58. The molecule has 0 saturated carbocycles. The van der Waals surface area contributed by atoms with Gasteiger partial charge in [0.2, 0.25) is 0 Å². The van der Waals surface area contributed by atoms with E-state index in [4.69, 9.17) is 5.11 Å². The highest BCUT2D eigenvalue weighted by Gasteiger charge is 2.13. The van der Waals surface area contributed by atoms with Crippen molar-refractivity contribution in [1.82, 2.24) is 0 Å². The van der Waals surface area contributed by atoms with Crippen LogP contribution in [-0.4, -0.2) is 11.1 Å². The smallest absolute Gasteiger partial charge is 0.306 e. The van der Waals surface area contributed by atoms with Gasteiger partial charge in [-0.1, -0.05) is 39.0 Å². The van der Waals surface area contributed by atoms with Crippen LogP contribution in [0.25, 0.3) is 0 Å². The predicted octanol–water partition coefficient (Wildman–Crippen LogP) is 3.07. The molecule has 0 radical (unpaired) electrons. The fraction of sp³-hybridized carbons (Fsp3) is 0.500. The summed E-state index contributed by atoms with van der Waals surface area (Å²) in [6.45, 7) is 5.99. The second-order valence-electron chi connectivity index (χ2n) is 4.25. The van der Waals surface area contributed by atoms with Crippen LogP contribution in [0, 0.1) is 5.92 Å². The highest BCUT2D eigenvalue weighted by Crippen LogP contribution is 2.17. The zero-order valence-electron chi connectivity index (χ0n) is 10.3. The Balaban J connectivity index is 2.95. The van der Waals surface area contributed by atoms with E-state index in [2.05, 4.69) is 32.0 Å². The van der Waals surface area contributed by atoms with Crippen molar-refractivity contribution >= 4 is 5.97 Å². The Morgan fingerprint density at radius 2 is 1.94 bits per heavy atom. The molecule has 1 aromatic rings. The Bertz CT molecular complexity index is 369. The summed E-state index contributed by atoms with van der Waals surface area (Å²) in [6.07, 6.45) is 2.59. The van der Waals surface area contributed by atoms with Gasteiger partial charge in [-0.2, -0.15) is 0 Å². The number of carbonyl (C=O) groups is 1. The van der Waals surface area contributed by atoms with Crippen LogP contribution in [0.1, 0.15) is 37.5 Å². The van der Waals surface area contributed by atoms with Gasteiger partial charge in [0.1, 0.15) is 0 Å². The zero-order valence-corrected chi connectivity index (χ0v) is 10.3. The largest absolute Gasteiger partial charge is 0.481 e. The molecule has 0 fully saturated rings. The van der Waals surface area contributed by atoms with E-state index >= 15 is 0 Å². The quantitative estimate of drug-likeness (QED) is 0.828. The molecule has 2 nitrogen and oxygen atoms in total. The molecular weight excluding hydrogens is 200 g/mol. The standard InChI is InChI=1S/C14H20O2/c1-4-11-6-7-12(5-2)13(9-11)8-10(3)14(15)16/h6-7,9-10H,4-5,8H2,1-3H3,(H,15,16). The number of rotatable bonds is 5. The van der Waals surface area contributed by atoms with Crippen molar-refractivity contribution < 1.29 is 9.90 Å². The second-order valence-corrected chi connectivity index (χ2v) is 4.25. The van der Waals surface area contributed by atoms with Crippen LogP contribution in [0.3, 0.4) is 0 Å². The minimum absolute atomic E-state index is 0.308. The molecule has 0 spiro atoms. The molecule has 0 aliphatic carbocycles. The Hall–Kier alpha value is -1.31. The van der Waals surface area contributed by atoms with Crippen LogP contribution >= 0.6 is 0 Å².